The average molecular weight is 197 g/mol. The van der Waals surface area contributed by atoms with Crippen molar-refractivity contribution in [1.29, 1.82) is 0 Å². The highest BCUT2D eigenvalue weighted by atomic mass is 16.6. The average Bonchev–Trinajstić information content (AvgIpc) is 1.97. The fourth-order valence-electron chi connectivity index (χ4n) is 3.66. The molecule has 0 spiro atoms. The predicted molar refractivity (Wildman–Crippen MR) is 49.1 cm³/mol. The molecule has 0 radical (unpaired) electrons. The van der Waals surface area contributed by atoms with E-state index in [-0.39, 0.29) is 17.4 Å². The Morgan fingerprint density at radius 1 is 1.29 bits per heavy atom. The quantitative estimate of drug-likeness (QED) is 0.451. The fourth-order valence-corrected chi connectivity index (χ4v) is 3.66. The maximum Gasteiger partial charge on any atom is 0.167 e. The van der Waals surface area contributed by atoms with Crippen molar-refractivity contribution in [2.75, 3.05) is 0 Å². The van der Waals surface area contributed by atoms with Crippen LogP contribution in [-0.4, -0.2) is 27.4 Å². The molecule has 4 atom stereocenters. The maximum atomic E-state index is 10.1. The lowest BCUT2D eigenvalue weighted by Gasteiger charge is -2.58. The van der Waals surface area contributed by atoms with Gasteiger partial charge in [-0.25, -0.2) is 0 Å². The van der Waals surface area contributed by atoms with E-state index >= 15 is 0 Å². The van der Waals surface area contributed by atoms with Crippen molar-refractivity contribution in [2.24, 2.45) is 17.0 Å². The smallest absolute Gasteiger partial charge is 0.167 e. The number of hydrogen-bond acceptors (Lipinski definition) is 4. The first-order valence-electron chi connectivity index (χ1n) is 5.18. The molecule has 2 heterocycles. The first kappa shape index (κ1) is 8.68. The molecule has 4 rings (SSSR count). The molecule has 4 aliphatic rings. The Kier molecular flexibility index (Phi) is 1.43. The van der Waals surface area contributed by atoms with Gasteiger partial charge in [0.15, 0.2) is 5.79 Å². The third kappa shape index (κ3) is 0.982. The molecule has 0 aromatic rings. The topological polar surface area (TPSA) is 62.1 Å². The summed E-state index contributed by atoms with van der Waals surface area (Å²) in [7, 11) is 0. The molecule has 2 aliphatic carbocycles. The third-order valence-electron chi connectivity index (χ3n) is 3.88. The van der Waals surface area contributed by atoms with Crippen LogP contribution in [0.15, 0.2) is 5.16 Å². The summed E-state index contributed by atoms with van der Waals surface area (Å²) < 4.78 is 5.71. The highest BCUT2D eigenvalue weighted by molar-refractivity contribution is 5.90. The minimum absolute atomic E-state index is 0.200. The van der Waals surface area contributed by atoms with Gasteiger partial charge < -0.3 is 15.1 Å². The maximum absolute atomic E-state index is 10.1. The lowest BCUT2D eigenvalue weighted by atomic mass is 9.60. The first-order chi connectivity index (χ1) is 6.54. The molecule has 4 nitrogen and oxygen atoms in total. The highest BCUT2D eigenvalue weighted by Gasteiger charge is 2.59. The van der Waals surface area contributed by atoms with Crippen LogP contribution in [0.2, 0.25) is 0 Å². The van der Waals surface area contributed by atoms with Gasteiger partial charge in [0.25, 0.3) is 0 Å². The molecule has 2 N–H and O–H groups in total. The summed E-state index contributed by atoms with van der Waals surface area (Å²) in [6.07, 6.45) is 2.95. The van der Waals surface area contributed by atoms with Gasteiger partial charge in [0.1, 0.15) is 0 Å². The number of ether oxygens (including phenoxy) is 1. The van der Waals surface area contributed by atoms with Gasteiger partial charge >= 0.3 is 0 Å². The molecule has 0 aromatic carbocycles. The molecule has 2 saturated heterocycles. The molecule has 2 saturated carbocycles. The van der Waals surface area contributed by atoms with Crippen LogP contribution in [0.3, 0.4) is 0 Å². The van der Waals surface area contributed by atoms with Crippen molar-refractivity contribution in [3.63, 3.8) is 0 Å². The fraction of sp³-hybridized carbons (Fsp3) is 0.900. The summed E-state index contributed by atoms with van der Waals surface area (Å²) in [6.45, 7) is 2.05. The number of nitrogens with zero attached hydrogens (tertiary/aromatic N) is 1. The number of aliphatic hydroxyl groups is 1. The summed E-state index contributed by atoms with van der Waals surface area (Å²) in [4.78, 5) is 0. The number of rotatable bonds is 0. The van der Waals surface area contributed by atoms with E-state index < -0.39 is 5.79 Å². The van der Waals surface area contributed by atoms with Gasteiger partial charge in [0.2, 0.25) is 0 Å². The van der Waals surface area contributed by atoms with Gasteiger partial charge in [0.05, 0.1) is 11.3 Å². The van der Waals surface area contributed by atoms with Gasteiger partial charge in [-0.3, -0.25) is 0 Å². The van der Waals surface area contributed by atoms with Crippen molar-refractivity contribution in [3.05, 3.63) is 0 Å². The molecular formula is C10H15NO3. The first-order valence-corrected chi connectivity index (χ1v) is 5.18. The summed E-state index contributed by atoms with van der Waals surface area (Å²) in [6, 6.07) is 0. The van der Waals surface area contributed by atoms with Crippen LogP contribution in [0.1, 0.15) is 32.6 Å². The lowest BCUT2D eigenvalue weighted by molar-refractivity contribution is -0.330. The molecule has 2 unspecified atom stereocenters. The molecule has 78 valence electrons. The molecule has 0 amide bonds. The standard InChI is InChI=1S/C10H15NO3/c1-9-2-6-4-10(12,14-9)5-7(3-9)8(6)11-13/h6-7,12-13H,2-5H2,1H3/t6-,7+,9?,10?. The van der Waals surface area contributed by atoms with Gasteiger partial charge in [-0.15, -0.1) is 0 Å². The Labute approximate surface area is 82.6 Å². The Bertz CT molecular complexity index is 274. The second-order valence-corrected chi connectivity index (χ2v) is 5.23. The Balaban J connectivity index is 2.02. The second-order valence-electron chi connectivity index (χ2n) is 5.23. The minimum atomic E-state index is -0.950. The van der Waals surface area contributed by atoms with Crippen molar-refractivity contribution < 1.29 is 15.1 Å². The zero-order valence-corrected chi connectivity index (χ0v) is 8.23. The van der Waals surface area contributed by atoms with Crippen LogP contribution in [-0.2, 0) is 4.74 Å². The number of hydrogen-bond donors (Lipinski definition) is 2. The van der Waals surface area contributed by atoms with Gasteiger partial charge in [-0.05, 0) is 19.8 Å². The van der Waals surface area contributed by atoms with E-state index in [1.807, 2.05) is 6.92 Å². The number of oxime groups is 1. The predicted octanol–water partition coefficient (Wildman–Crippen LogP) is 1.11. The van der Waals surface area contributed by atoms with E-state index in [0.29, 0.717) is 12.8 Å². The normalized spacial score (nSPS) is 58.3. The van der Waals surface area contributed by atoms with Crippen molar-refractivity contribution in [3.8, 4) is 0 Å². The van der Waals surface area contributed by atoms with E-state index in [1.165, 1.54) is 0 Å². The van der Waals surface area contributed by atoms with Crippen LogP contribution in [0.5, 0.6) is 0 Å². The van der Waals surface area contributed by atoms with E-state index in [0.717, 1.165) is 18.6 Å². The van der Waals surface area contributed by atoms with E-state index in [1.54, 1.807) is 0 Å². The molecular weight excluding hydrogens is 182 g/mol. The van der Waals surface area contributed by atoms with Crippen LogP contribution in [0.4, 0.5) is 0 Å². The highest BCUT2D eigenvalue weighted by Crippen LogP contribution is 2.55. The lowest BCUT2D eigenvalue weighted by Crippen LogP contribution is -2.63. The second kappa shape index (κ2) is 2.31. The van der Waals surface area contributed by atoms with Crippen molar-refractivity contribution >= 4 is 5.71 Å². The SMILES string of the molecule is CC12C[C@@H]3CC(O)(C[C@H](C1)C3=NO)O2. The molecule has 0 aromatic heterocycles. The summed E-state index contributed by atoms with van der Waals surface area (Å²) in [5, 5.41) is 22.5. The summed E-state index contributed by atoms with van der Waals surface area (Å²) in [5.41, 5.74) is 0.685. The van der Waals surface area contributed by atoms with Crippen LogP contribution in [0.25, 0.3) is 0 Å². The molecule has 4 fully saturated rings. The molecule has 2 aliphatic heterocycles. The Hall–Kier alpha value is -0.610. The Morgan fingerprint density at radius 3 is 2.29 bits per heavy atom. The van der Waals surface area contributed by atoms with Gasteiger partial charge in [-0.1, -0.05) is 5.16 Å². The summed E-state index contributed by atoms with van der Waals surface area (Å²) >= 11 is 0. The molecule has 4 heteroatoms. The van der Waals surface area contributed by atoms with E-state index in [9.17, 15) is 5.11 Å². The van der Waals surface area contributed by atoms with Crippen molar-refractivity contribution in [2.45, 2.75) is 44.0 Å². The minimum Gasteiger partial charge on any atom is -0.411 e. The van der Waals surface area contributed by atoms with Crippen LogP contribution >= 0.6 is 0 Å². The van der Waals surface area contributed by atoms with Crippen molar-refractivity contribution in [1.82, 2.24) is 0 Å². The zero-order chi connectivity index (χ0) is 9.97. The largest absolute Gasteiger partial charge is 0.411 e. The van der Waals surface area contributed by atoms with Gasteiger partial charge in [-0.2, -0.15) is 0 Å². The molecule has 4 bridgehead atoms. The zero-order valence-electron chi connectivity index (χ0n) is 8.23. The van der Waals surface area contributed by atoms with Crippen LogP contribution < -0.4 is 0 Å². The van der Waals surface area contributed by atoms with E-state index in [2.05, 4.69) is 5.16 Å². The Morgan fingerprint density at radius 2 is 1.86 bits per heavy atom. The van der Waals surface area contributed by atoms with E-state index in [4.69, 9.17) is 9.94 Å². The van der Waals surface area contributed by atoms with Crippen LogP contribution in [0, 0.1) is 11.8 Å². The monoisotopic (exact) mass is 197 g/mol. The molecule has 14 heavy (non-hydrogen) atoms. The summed E-state index contributed by atoms with van der Waals surface area (Å²) in [5.74, 6) is -0.512. The third-order valence-corrected chi connectivity index (χ3v) is 3.88. The van der Waals surface area contributed by atoms with Gasteiger partial charge in [0, 0.05) is 24.7 Å².